The number of unbranched alkanes of at least 4 members (excludes halogenated alkanes) is 2. The van der Waals surface area contributed by atoms with Gasteiger partial charge in [0, 0.05) is 11.3 Å². The number of anilines is 1. The molecular formula is C12H16NO3S. The molecule has 0 amide bonds. The molecule has 1 rings (SSSR count). The fraction of sp³-hybridized carbons (Fsp3) is 0.417. The molecule has 0 aliphatic rings. The Labute approximate surface area is 102 Å². The molecule has 0 aliphatic carbocycles. The van der Waals surface area contributed by atoms with Crippen molar-refractivity contribution in [2.45, 2.75) is 26.2 Å². The van der Waals surface area contributed by atoms with Crippen molar-refractivity contribution in [3.63, 3.8) is 0 Å². The number of nitrogens with one attached hydrogen (secondary N) is 1. The Bertz CT molecular complexity index is 451. The van der Waals surface area contributed by atoms with E-state index in [2.05, 4.69) is 4.72 Å². The van der Waals surface area contributed by atoms with E-state index in [-0.39, 0.29) is 5.75 Å². The zero-order chi connectivity index (χ0) is 12.7. The summed E-state index contributed by atoms with van der Waals surface area (Å²) in [4.78, 5) is 10.3. The Kier molecular flexibility index (Phi) is 5.15. The maximum Gasteiger partial charge on any atom is 0.233 e. The van der Waals surface area contributed by atoms with Crippen LogP contribution in [0, 0.1) is 0 Å². The minimum atomic E-state index is -3.27. The molecular weight excluding hydrogens is 238 g/mol. The number of hydrogen-bond donors (Lipinski definition) is 1. The first kappa shape index (κ1) is 13.7. The van der Waals surface area contributed by atoms with E-state index in [1.807, 2.05) is 6.92 Å². The summed E-state index contributed by atoms with van der Waals surface area (Å²) in [5.74, 6) is 0.127. The van der Waals surface area contributed by atoms with E-state index in [0.29, 0.717) is 17.7 Å². The average Bonchev–Trinajstić information content (AvgIpc) is 2.30. The second-order valence-electron chi connectivity index (χ2n) is 3.81. The number of hydrogen-bond acceptors (Lipinski definition) is 3. The Morgan fingerprint density at radius 1 is 1.18 bits per heavy atom. The topological polar surface area (TPSA) is 63.2 Å². The molecule has 1 aromatic carbocycles. The molecule has 17 heavy (non-hydrogen) atoms. The number of benzene rings is 1. The molecule has 0 heterocycles. The van der Waals surface area contributed by atoms with Crippen molar-refractivity contribution < 1.29 is 13.2 Å². The molecule has 0 saturated carbocycles. The highest BCUT2D eigenvalue weighted by Crippen LogP contribution is 2.11. The molecule has 0 saturated heterocycles. The fourth-order valence-corrected chi connectivity index (χ4v) is 2.56. The van der Waals surface area contributed by atoms with Gasteiger partial charge in [-0.15, -0.1) is 0 Å². The highest BCUT2D eigenvalue weighted by molar-refractivity contribution is 7.92. The molecule has 0 bridgehead atoms. The van der Waals surface area contributed by atoms with Gasteiger partial charge in [0.1, 0.15) is 0 Å². The molecule has 5 heteroatoms. The Morgan fingerprint density at radius 2 is 1.82 bits per heavy atom. The minimum absolute atomic E-state index is 0.127. The molecule has 0 fully saturated rings. The van der Waals surface area contributed by atoms with Gasteiger partial charge in [0.25, 0.3) is 0 Å². The highest BCUT2D eigenvalue weighted by Gasteiger charge is 2.09. The van der Waals surface area contributed by atoms with Gasteiger partial charge in [0.15, 0.2) is 0 Å². The summed E-state index contributed by atoms with van der Waals surface area (Å²) < 4.78 is 25.8. The standard InChI is InChI=1S/C12H16NO3S/c1-2-3-4-9-17(15,16)13-12-7-5-11(10-14)6-8-12/h5-8,13H,2-4,9H2,1H3. The molecule has 4 nitrogen and oxygen atoms in total. The fourth-order valence-electron chi connectivity index (χ4n) is 1.38. The lowest BCUT2D eigenvalue weighted by molar-refractivity contribution is 0.563. The van der Waals surface area contributed by atoms with E-state index in [1.54, 1.807) is 18.4 Å². The molecule has 1 N–H and O–H groups in total. The summed E-state index contributed by atoms with van der Waals surface area (Å²) in [6.07, 6.45) is 4.28. The van der Waals surface area contributed by atoms with Gasteiger partial charge in [-0.2, -0.15) is 0 Å². The number of sulfonamides is 1. The molecule has 1 radical (unpaired) electrons. The number of carbonyl (C=O) groups excluding carboxylic acids is 1. The maximum atomic E-state index is 11.6. The first-order chi connectivity index (χ1) is 8.07. The van der Waals surface area contributed by atoms with Crippen molar-refractivity contribution in [1.82, 2.24) is 0 Å². The third kappa shape index (κ3) is 4.99. The third-order valence-electron chi connectivity index (χ3n) is 2.29. The second-order valence-corrected chi connectivity index (χ2v) is 5.65. The maximum absolute atomic E-state index is 11.6. The lowest BCUT2D eigenvalue weighted by Crippen LogP contribution is -2.16. The van der Waals surface area contributed by atoms with Crippen LogP contribution >= 0.6 is 0 Å². The van der Waals surface area contributed by atoms with Crippen LogP contribution in [-0.4, -0.2) is 20.5 Å². The number of rotatable bonds is 7. The zero-order valence-electron chi connectivity index (χ0n) is 9.77. The van der Waals surface area contributed by atoms with Gasteiger partial charge in [-0.25, -0.2) is 8.42 Å². The quantitative estimate of drug-likeness (QED) is 0.758. The van der Waals surface area contributed by atoms with Crippen LogP contribution in [0.2, 0.25) is 0 Å². The Balaban J connectivity index is 2.59. The smallest absolute Gasteiger partial charge is 0.233 e. The molecule has 0 aromatic heterocycles. The van der Waals surface area contributed by atoms with Crippen LogP contribution in [0.15, 0.2) is 24.3 Å². The Morgan fingerprint density at radius 3 is 2.35 bits per heavy atom. The van der Waals surface area contributed by atoms with Crippen LogP contribution in [0.3, 0.4) is 0 Å². The lowest BCUT2D eigenvalue weighted by atomic mass is 10.2. The minimum Gasteiger partial charge on any atom is -0.285 e. The van der Waals surface area contributed by atoms with Crippen molar-refractivity contribution >= 4 is 22.0 Å². The average molecular weight is 254 g/mol. The van der Waals surface area contributed by atoms with Crippen molar-refractivity contribution in [2.24, 2.45) is 0 Å². The van der Waals surface area contributed by atoms with Gasteiger partial charge in [-0.3, -0.25) is 9.52 Å². The van der Waals surface area contributed by atoms with E-state index >= 15 is 0 Å². The van der Waals surface area contributed by atoms with Gasteiger partial charge in [-0.1, -0.05) is 19.8 Å². The summed E-state index contributed by atoms with van der Waals surface area (Å²) in [6.45, 7) is 2.02. The summed E-state index contributed by atoms with van der Waals surface area (Å²) in [6, 6.07) is 6.16. The highest BCUT2D eigenvalue weighted by atomic mass is 32.2. The molecule has 0 unspecified atom stereocenters. The van der Waals surface area contributed by atoms with Gasteiger partial charge >= 0.3 is 0 Å². The summed E-state index contributed by atoms with van der Waals surface area (Å²) in [7, 11) is -3.27. The molecule has 93 valence electrons. The normalized spacial score (nSPS) is 11.1. The third-order valence-corrected chi connectivity index (χ3v) is 3.67. The van der Waals surface area contributed by atoms with Gasteiger partial charge < -0.3 is 0 Å². The first-order valence-corrected chi connectivity index (χ1v) is 7.21. The monoisotopic (exact) mass is 254 g/mol. The largest absolute Gasteiger partial charge is 0.285 e. The van der Waals surface area contributed by atoms with E-state index in [0.717, 1.165) is 12.8 Å². The van der Waals surface area contributed by atoms with Crippen molar-refractivity contribution in [3.8, 4) is 0 Å². The molecule has 0 atom stereocenters. The zero-order valence-corrected chi connectivity index (χ0v) is 10.6. The predicted molar refractivity (Wildman–Crippen MR) is 68.2 cm³/mol. The van der Waals surface area contributed by atoms with Crippen LogP contribution in [0.25, 0.3) is 0 Å². The van der Waals surface area contributed by atoms with Crippen LogP contribution in [0.4, 0.5) is 5.69 Å². The SMILES string of the molecule is CCCCCS(=O)(=O)Nc1ccc([C]=O)cc1. The first-order valence-electron chi connectivity index (χ1n) is 5.56. The van der Waals surface area contributed by atoms with Crippen LogP contribution in [-0.2, 0) is 14.8 Å². The van der Waals surface area contributed by atoms with E-state index in [4.69, 9.17) is 0 Å². The summed E-state index contributed by atoms with van der Waals surface area (Å²) in [5.41, 5.74) is 0.874. The van der Waals surface area contributed by atoms with E-state index < -0.39 is 10.0 Å². The molecule has 0 aliphatic heterocycles. The second kappa shape index (κ2) is 6.39. The van der Waals surface area contributed by atoms with E-state index in [9.17, 15) is 13.2 Å². The van der Waals surface area contributed by atoms with Gasteiger partial charge in [0.2, 0.25) is 16.3 Å². The van der Waals surface area contributed by atoms with Crippen molar-refractivity contribution in [1.29, 1.82) is 0 Å². The van der Waals surface area contributed by atoms with Crippen LogP contribution in [0.1, 0.15) is 31.7 Å². The van der Waals surface area contributed by atoms with Crippen LogP contribution < -0.4 is 4.72 Å². The predicted octanol–water partition coefficient (Wildman–Crippen LogP) is 2.08. The summed E-state index contributed by atoms with van der Waals surface area (Å²) >= 11 is 0. The van der Waals surface area contributed by atoms with Gasteiger partial charge in [0.05, 0.1) is 5.75 Å². The van der Waals surface area contributed by atoms with E-state index in [1.165, 1.54) is 12.1 Å². The lowest BCUT2D eigenvalue weighted by Gasteiger charge is -2.07. The molecule has 0 spiro atoms. The molecule has 1 aromatic rings. The van der Waals surface area contributed by atoms with Crippen molar-refractivity contribution in [3.05, 3.63) is 29.8 Å². The van der Waals surface area contributed by atoms with Crippen LogP contribution in [0.5, 0.6) is 0 Å². The summed E-state index contributed by atoms with van der Waals surface area (Å²) in [5, 5.41) is 0. The van der Waals surface area contributed by atoms with Gasteiger partial charge in [-0.05, 0) is 30.7 Å². The Hall–Kier alpha value is -1.36. The van der Waals surface area contributed by atoms with Crippen molar-refractivity contribution in [2.75, 3.05) is 10.5 Å².